The molecule has 1 aliphatic rings. The van der Waals surface area contributed by atoms with Crippen molar-refractivity contribution in [2.24, 2.45) is 5.92 Å². The smallest absolute Gasteiger partial charge is 0.417 e. The van der Waals surface area contributed by atoms with Crippen LogP contribution in [0.1, 0.15) is 58.0 Å². The first-order valence-corrected chi connectivity index (χ1v) is 10.2. The van der Waals surface area contributed by atoms with Crippen LogP contribution in [0.15, 0.2) is 53.7 Å². The molecule has 3 N–H and O–H groups in total. The second kappa shape index (κ2) is 9.16. The zero-order valence-corrected chi connectivity index (χ0v) is 17.8. The summed E-state index contributed by atoms with van der Waals surface area (Å²) in [7, 11) is 0. The SMILES string of the molecule is CC1CCC(NC(=O)c2c(Cl)cccc2C(F)(F)F)=C(C(=N)c2ccc(C(=O)O)cc2)C1. The summed E-state index contributed by atoms with van der Waals surface area (Å²) in [5, 5.41) is 19.9. The Kier molecular flexibility index (Phi) is 6.74. The molecule has 0 bridgehead atoms. The van der Waals surface area contributed by atoms with E-state index in [0.29, 0.717) is 36.1 Å². The second-order valence-corrected chi connectivity index (χ2v) is 8.08. The van der Waals surface area contributed by atoms with Crippen LogP contribution in [0, 0.1) is 11.3 Å². The van der Waals surface area contributed by atoms with Gasteiger partial charge in [-0.25, -0.2) is 4.79 Å². The molecular formula is C23H20ClF3N2O3. The first-order valence-electron chi connectivity index (χ1n) is 9.80. The quantitative estimate of drug-likeness (QED) is 0.479. The number of allylic oxidation sites excluding steroid dienone is 2. The van der Waals surface area contributed by atoms with E-state index >= 15 is 0 Å². The van der Waals surface area contributed by atoms with Crippen molar-refractivity contribution in [2.45, 2.75) is 32.4 Å². The van der Waals surface area contributed by atoms with E-state index in [4.69, 9.17) is 22.1 Å². The minimum atomic E-state index is -4.76. The number of carboxylic acid groups (broad SMARTS) is 1. The number of carbonyl (C=O) groups is 2. The summed E-state index contributed by atoms with van der Waals surface area (Å²) in [5.41, 5.74) is -0.329. The number of benzene rings is 2. The molecule has 1 unspecified atom stereocenters. The van der Waals surface area contributed by atoms with E-state index in [9.17, 15) is 22.8 Å². The third-order valence-electron chi connectivity index (χ3n) is 5.34. The molecule has 1 aliphatic carbocycles. The van der Waals surface area contributed by atoms with E-state index in [-0.39, 0.29) is 22.2 Å². The van der Waals surface area contributed by atoms with Crippen LogP contribution in [0.4, 0.5) is 13.2 Å². The third kappa shape index (κ3) is 5.02. The molecule has 0 spiro atoms. The Morgan fingerprint density at radius 1 is 1.12 bits per heavy atom. The highest BCUT2D eigenvalue weighted by atomic mass is 35.5. The van der Waals surface area contributed by atoms with Crippen molar-refractivity contribution in [3.63, 3.8) is 0 Å². The summed E-state index contributed by atoms with van der Waals surface area (Å²) >= 11 is 5.94. The van der Waals surface area contributed by atoms with E-state index in [0.717, 1.165) is 12.1 Å². The minimum absolute atomic E-state index is 0.0690. The van der Waals surface area contributed by atoms with Gasteiger partial charge in [0.1, 0.15) is 0 Å². The van der Waals surface area contributed by atoms with E-state index < -0.39 is 29.2 Å². The molecule has 9 heteroatoms. The fraction of sp³-hybridized carbons (Fsp3) is 0.261. The number of alkyl halides is 3. The molecule has 0 heterocycles. The van der Waals surface area contributed by atoms with Crippen LogP contribution in [0.3, 0.4) is 0 Å². The molecule has 0 radical (unpaired) electrons. The van der Waals surface area contributed by atoms with E-state index in [1.165, 1.54) is 30.3 Å². The molecule has 0 aromatic heterocycles. The molecule has 2 aromatic rings. The van der Waals surface area contributed by atoms with E-state index in [1.807, 2.05) is 6.92 Å². The number of hydrogen-bond donors (Lipinski definition) is 3. The normalized spacial score (nSPS) is 16.6. The van der Waals surface area contributed by atoms with Gasteiger partial charge in [0.05, 0.1) is 27.4 Å². The van der Waals surface area contributed by atoms with Crippen molar-refractivity contribution in [1.82, 2.24) is 5.32 Å². The van der Waals surface area contributed by atoms with Crippen LogP contribution < -0.4 is 5.32 Å². The number of rotatable bonds is 5. The Bertz CT molecular complexity index is 1110. The monoisotopic (exact) mass is 464 g/mol. The minimum Gasteiger partial charge on any atom is -0.478 e. The van der Waals surface area contributed by atoms with Crippen LogP contribution in [-0.4, -0.2) is 22.7 Å². The average molecular weight is 465 g/mol. The summed E-state index contributed by atoms with van der Waals surface area (Å²) in [6.07, 6.45) is -3.24. The fourth-order valence-electron chi connectivity index (χ4n) is 3.65. The van der Waals surface area contributed by atoms with Crippen molar-refractivity contribution < 1.29 is 27.9 Å². The van der Waals surface area contributed by atoms with Crippen LogP contribution in [0.25, 0.3) is 0 Å². The van der Waals surface area contributed by atoms with Gasteiger partial charge in [-0.15, -0.1) is 0 Å². The second-order valence-electron chi connectivity index (χ2n) is 7.68. The Labute approximate surface area is 187 Å². The Balaban J connectivity index is 1.98. The van der Waals surface area contributed by atoms with Crippen molar-refractivity contribution in [2.75, 3.05) is 0 Å². The summed E-state index contributed by atoms with van der Waals surface area (Å²) in [4.78, 5) is 23.9. The average Bonchev–Trinajstić information content (AvgIpc) is 2.73. The number of nitrogens with one attached hydrogen (secondary N) is 2. The van der Waals surface area contributed by atoms with E-state index in [1.54, 1.807) is 0 Å². The van der Waals surface area contributed by atoms with Crippen molar-refractivity contribution in [3.8, 4) is 0 Å². The predicted octanol–water partition coefficient (Wildman–Crippen LogP) is 5.93. The third-order valence-corrected chi connectivity index (χ3v) is 5.65. The van der Waals surface area contributed by atoms with Crippen LogP contribution in [0.2, 0.25) is 5.02 Å². The van der Waals surface area contributed by atoms with E-state index in [2.05, 4.69) is 5.32 Å². The lowest BCUT2D eigenvalue weighted by molar-refractivity contribution is -0.137. The van der Waals surface area contributed by atoms with Crippen LogP contribution >= 0.6 is 11.6 Å². The van der Waals surface area contributed by atoms with Gasteiger partial charge in [-0.1, -0.05) is 36.7 Å². The fourth-order valence-corrected chi connectivity index (χ4v) is 3.91. The summed E-state index contributed by atoms with van der Waals surface area (Å²) in [5.74, 6) is -1.88. The van der Waals surface area contributed by atoms with Crippen LogP contribution in [0.5, 0.6) is 0 Å². The predicted molar refractivity (Wildman–Crippen MR) is 114 cm³/mol. The maximum Gasteiger partial charge on any atom is 0.417 e. The summed E-state index contributed by atoms with van der Waals surface area (Å²) < 4.78 is 40.2. The lowest BCUT2D eigenvalue weighted by Crippen LogP contribution is -2.30. The zero-order chi connectivity index (χ0) is 23.6. The van der Waals surface area contributed by atoms with Crippen molar-refractivity contribution in [3.05, 3.63) is 81.0 Å². The Hall–Kier alpha value is -3.13. The molecule has 0 saturated heterocycles. The molecule has 2 aromatic carbocycles. The lowest BCUT2D eigenvalue weighted by atomic mass is 9.83. The molecule has 0 aliphatic heterocycles. The van der Waals surface area contributed by atoms with Gasteiger partial charge in [0.15, 0.2) is 0 Å². The largest absolute Gasteiger partial charge is 0.478 e. The van der Waals surface area contributed by atoms with Crippen LogP contribution in [-0.2, 0) is 6.18 Å². The number of hydrogen-bond acceptors (Lipinski definition) is 3. The molecule has 1 atom stereocenters. The first-order chi connectivity index (χ1) is 15.0. The van der Waals surface area contributed by atoms with Gasteiger partial charge in [-0.2, -0.15) is 13.2 Å². The van der Waals surface area contributed by atoms with Gasteiger partial charge < -0.3 is 10.4 Å². The highest BCUT2D eigenvalue weighted by Crippen LogP contribution is 2.36. The molecular weight excluding hydrogens is 445 g/mol. The molecule has 0 fully saturated rings. The van der Waals surface area contributed by atoms with Gasteiger partial charge in [0.25, 0.3) is 5.91 Å². The van der Waals surface area contributed by atoms with Crippen molar-refractivity contribution in [1.29, 1.82) is 5.41 Å². The lowest BCUT2D eigenvalue weighted by Gasteiger charge is -2.26. The highest BCUT2D eigenvalue weighted by molar-refractivity contribution is 6.34. The molecule has 0 saturated carbocycles. The molecule has 32 heavy (non-hydrogen) atoms. The zero-order valence-electron chi connectivity index (χ0n) is 17.0. The van der Waals surface area contributed by atoms with Crippen molar-refractivity contribution >= 4 is 29.2 Å². The highest BCUT2D eigenvalue weighted by Gasteiger charge is 2.36. The number of carbonyl (C=O) groups excluding carboxylic acids is 1. The van der Waals surface area contributed by atoms with Gasteiger partial charge in [0.2, 0.25) is 0 Å². The number of halogens is 4. The van der Waals surface area contributed by atoms with Gasteiger partial charge in [-0.05, 0) is 60.6 Å². The number of carboxylic acids is 1. The topological polar surface area (TPSA) is 90.3 Å². The number of aromatic carboxylic acids is 1. The summed E-state index contributed by atoms with van der Waals surface area (Å²) in [6, 6.07) is 8.88. The van der Waals surface area contributed by atoms with Gasteiger partial charge in [0, 0.05) is 5.70 Å². The summed E-state index contributed by atoms with van der Waals surface area (Å²) in [6.45, 7) is 1.98. The van der Waals surface area contributed by atoms with Gasteiger partial charge >= 0.3 is 12.1 Å². The molecule has 168 valence electrons. The molecule has 1 amide bonds. The molecule has 5 nitrogen and oxygen atoms in total. The van der Waals surface area contributed by atoms with Gasteiger partial charge in [-0.3, -0.25) is 10.2 Å². The standard InChI is InChI=1S/C23H20ClF3N2O3/c1-12-5-10-18(15(11-12)20(28)13-6-8-14(9-7-13)22(31)32)29-21(30)19-16(23(25,26)27)3-2-4-17(19)24/h2-4,6-9,12,28H,5,10-11H2,1H3,(H,29,30)(H,31,32). The Morgan fingerprint density at radius 2 is 1.75 bits per heavy atom. The Morgan fingerprint density at radius 3 is 2.34 bits per heavy atom. The maximum absolute atomic E-state index is 13.4. The first kappa shape index (κ1) is 23.5. The number of amides is 1. The maximum atomic E-state index is 13.4. The molecule has 3 rings (SSSR count).